The number of thioether (sulfide) groups is 1. The molecular weight excluding hydrogens is 413 g/mol. The van der Waals surface area contributed by atoms with Gasteiger partial charge in [0.15, 0.2) is 17.1 Å². The van der Waals surface area contributed by atoms with Crippen LogP contribution in [0.4, 0.5) is 0 Å². The Morgan fingerprint density at radius 2 is 1.81 bits per heavy atom. The van der Waals surface area contributed by atoms with Crippen molar-refractivity contribution in [2.24, 2.45) is 7.05 Å². The number of para-hydroxylation sites is 1. The van der Waals surface area contributed by atoms with E-state index in [4.69, 9.17) is 39.5 Å². The number of aromatic nitrogens is 3. The largest absolute Gasteiger partial charge is 0.481 e. The SMILES string of the molecule is CC(Oc1ccccc1Cl)c1nnc(SCc2ccc(Cl)c(Cl)c2)n1C. The van der Waals surface area contributed by atoms with Crippen LogP contribution >= 0.6 is 46.6 Å². The first-order chi connectivity index (χ1) is 12.5. The third-order valence-electron chi connectivity index (χ3n) is 3.72. The standard InChI is InChI=1S/C18H16Cl3N3OS/c1-11(25-16-6-4-3-5-14(16)20)17-22-23-18(24(17)2)26-10-12-7-8-13(19)15(21)9-12/h3-9,11H,10H2,1-2H3. The molecule has 0 saturated heterocycles. The third kappa shape index (κ3) is 4.46. The van der Waals surface area contributed by atoms with Crippen LogP contribution in [0.3, 0.4) is 0 Å². The summed E-state index contributed by atoms with van der Waals surface area (Å²) in [5.74, 6) is 2.05. The van der Waals surface area contributed by atoms with Gasteiger partial charge in [-0.1, -0.05) is 64.8 Å². The maximum Gasteiger partial charge on any atom is 0.191 e. The highest BCUT2D eigenvalue weighted by Gasteiger charge is 2.18. The van der Waals surface area contributed by atoms with Crippen LogP contribution in [0.5, 0.6) is 5.75 Å². The first kappa shape index (κ1) is 19.4. The minimum Gasteiger partial charge on any atom is -0.481 e. The first-order valence-electron chi connectivity index (χ1n) is 7.83. The highest BCUT2D eigenvalue weighted by atomic mass is 35.5. The fourth-order valence-corrected chi connectivity index (χ4v) is 3.73. The van der Waals surface area contributed by atoms with Crippen LogP contribution in [0.2, 0.25) is 15.1 Å². The molecule has 8 heteroatoms. The molecule has 0 aliphatic heterocycles. The van der Waals surface area contributed by atoms with E-state index in [0.29, 0.717) is 26.6 Å². The lowest BCUT2D eigenvalue weighted by Gasteiger charge is -2.15. The fourth-order valence-electron chi connectivity index (χ4n) is 2.37. The van der Waals surface area contributed by atoms with Crippen LogP contribution in [0.25, 0.3) is 0 Å². The van der Waals surface area contributed by atoms with Gasteiger partial charge in [-0.3, -0.25) is 0 Å². The Labute approximate surface area is 171 Å². The summed E-state index contributed by atoms with van der Waals surface area (Å²) in [6.07, 6.45) is -0.285. The van der Waals surface area contributed by atoms with Gasteiger partial charge in [0, 0.05) is 12.8 Å². The van der Waals surface area contributed by atoms with E-state index in [0.717, 1.165) is 16.5 Å². The fraction of sp³-hybridized carbons (Fsp3) is 0.222. The van der Waals surface area contributed by atoms with Crippen LogP contribution in [0, 0.1) is 0 Å². The molecule has 1 unspecified atom stereocenters. The van der Waals surface area contributed by atoms with E-state index >= 15 is 0 Å². The monoisotopic (exact) mass is 427 g/mol. The number of nitrogens with zero attached hydrogens (tertiary/aromatic N) is 3. The number of ether oxygens (including phenoxy) is 1. The van der Waals surface area contributed by atoms with Crippen LogP contribution in [0.15, 0.2) is 47.6 Å². The van der Waals surface area contributed by atoms with Gasteiger partial charge in [0.25, 0.3) is 0 Å². The molecule has 0 fully saturated rings. The smallest absolute Gasteiger partial charge is 0.191 e. The summed E-state index contributed by atoms with van der Waals surface area (Å²) in [6.45, 7) is 1.92. The van der Waals surface area contributed by atoms with Crippen molar-refractivity contribution in [2.45, 2.75) is 23.9 Å². The minimum atomic E-state index is -0.285. The average Bonchev–Trinajstić information content (AvgIpc) is 2.99. The van der Waals surface area contributed by atoms with Crippen molar-refractivity contribution in [3.8, 4) is 5.75 Å². The van der Waals surface area contributed by atoms with Gasteiger partial charge in [-0.2, -0.15) is 0 Å². The predicted octanol–water partition coefficient (Wildman–Crippen LogP) is 6.21. The van der Waals surface area contributed by atoms with Crippen LogP contribution in [-0.4, -0.2) is 14.8 Å². The van der Waals surface area contributed by atoms with Gasteiger partial charge in [-0.05, 0) is 36.8 Å². The molecule has 2 aromatic carbocycles. The normalized spacial score (nSPS) is 12.2. The Balaban J connectivity index is 1.69. The summed E-state index contributed by atoms with van der Waals surface area (Å²) in [6, 6.07) is 13.0. The van der Waals surface area contributed by atoms with Crippen molar-refractivity contribution in [1.29, 1.82) is 0 Å². The van der Waals surface area contributed by atoms with E-state index in [2.05, 4.69) is 10.2 Å². The van der Waals surface area contributed by atoms with Crippen LogP contribution in [-0.2, 0) is 12.8 Å². The molecule has 0 aliphatic rings. The van der Waals surface area contributed by atoms with Gasteiger partial charge in [0.1, 0.15) is 5.75 Å². The Bertz CT molecular complexity index is 916. The second-order valence-corrected chi connectivity index (χ2v) is 7.79. The first-order valence-corrected chi connectivity index (χ1v) is 9.95. The summed E-state index contributed by atoms with van der Waals surface area (Å²) < 4.78 is 7.84. The zero-order chi connectivity index (χ0) is 18.7. The maximum atomic E-state index is 6.15. The van der Waals surface area contributed by atoms with Crippen molar-refractivity contribution in [2.75, 3.05) is 0 Å². The summed E-state index contributed by atoms with van der Waals surface area (Å²) in [5, 5.41) is 11.0. The molecule has 0 bridgehead atoms. The van der Waals surface area contributed by atoms with Crippen LogP contribution < -0.4 is 4.74 Å². The zero-order valence-corrected chi connectivity index (χ0v) is 17.2. The Morgan fingerprint density at radius 3 is 2.54 bits per heavy atom. The van der Waals surface area contributed by atoms with Crippen LogP contribution in [0.1, 0.15) is 24.4 Å². The predicted molar refractivity (Wildman–Crippen MR) is 108 cm³/mol. The molecule has 1 atom stereocenters. The molecule has 0 amide bonds. The molecule has 0 radical (unpaired) electrons. The second-order valence-electron chi connectivity index (χ2n) is 5.63. The van der Waals surface area contributed by atoms with Gasteiger partial charge in [-0.15, -0.1) is 10.2 Å². The summed E-state index contributed by atoms with van der Waals surface area (Å²) in [4.78, 5) is 0. The molecule has 0 aliphatic carbocycles. The van der Waals surface area contributed by atoms with Gasteiger partial charge in [-0.25, -0.2) is 0 Å². The molecule has 26 heavy (non-hydrogen) atoms. The van der Waals surface area contributed by atoms with Gasteiger partial charge < -0.3 is 9.30 Å². The summed E-state index contributed by atoms with van der Waals surface area (Å²) >= 11 is 19.7. The lowest BCUT2D eigenvalue weighted by atomic mass is 10.2. The number of hydrogen-bond acceptors (Lipinski definition) is 4. The van der Waals surface area contributed by atoms with E-state index < -0.39 is 0 Å². The van der Waals surface area contributed by atoms with Crippen molar-refractivity contribution in [3.05, 3.63) is 68.9 Å². The zero-order valence-electron chi connectivity index (χ0n) is 14.1. The van der Waals surface area contributed by atoms with Gasteiger partial charge in [0.2, 0.25) is 0 Å². The lowest BCUT2D eigenvalue weighted by molar-refractivity contribution is 0.211. The third-order valence-corrected chi connectivity index (χ3v) is 5.87. The molecule has 0 saturated carbocycles. The lowest BCUT2D eigenvalue weighted by Crippen LogP contribution is -2.10. The average molecular weight is 429 g/mol. The summed E-state index contributed by atoms with van der Waals surface area (Å²) in [5.41, 5.74) is 1.06. The molecule has 136 valence electrons. The highest BCUT2D eigenvalue weighted by molar-refractivity contribution is 7.98. The molecular formula is C18H16Cl3N3OS. The molecule has 1 heterocycles. The minimum absolute atomic E-state index is 0.285. The van der Waals surface area contributed by atoms with Crippen molar-refractivity contribution >= 4 is 46.6 Å². The van der Waals surface area contributed by atoms with E-state index in [-0.39, 0.29) is 6.10 Å². The van der Waals surface area contributed by atoms with E-state index in [1.807, 2.05) is 48.9 Å². The quantitative estimate of drug-likeness (QED) is 0.438. The van der Waals surface area contributed by atoms with E-state index in [1.54, 1.807) is 23.9 Å². The van der Waals surface area contributed by atoms with Gasteiger partial charge >= 0.3 is 0 Å². The van der Waals surface area contributed by atoms with E-state index in [1.165, 1.54) is 0 Å². The number of rotatable bonds is 6. The molecule has 4 nitrogen and oxygen atoms in total. The Hall–Kier alpha value is -1.40. The topological polar surface area (TPSA) is 39.9 Å². The van der Waals surface area contributed by atoms with Crippen molar-refractivity contribution in [3.63, 3.8) is 0 Å². The molecule has 1 aromatic heterocycles. The van der Waals surface area contributed by atoms with Crippen molar-refractivity contribution in [1.82, 2.24) is 14.8 Å². The molecule has 3 aromatic rings. The maximum absolute atomic E-state index is 6.15. The second kappa shape index (κ2) is 8.53. The Morgan fingerprint density at radius 1 is 1.04 bits per heavy atom. The highest BCUT2D eigenvalue weighted by Crippen LogP contribution is 2.30. The molecule has 0 spiro atoms. The molecule has 0 N–H and O–H groups in total. The molecule has 3 rings (SSSR count). The van der Waals surface area contributed by atoms with E-state index in [9.17, 15) is 0 Å². The van der Waals surface area contributed by atoms with Gasteiger partial charge in [0.05, 0.1) is 15.1 Å². The Kier molecular flexibility index (Phi) is 6.35. The van der Waals surface area contributed by atoms with Crippen molar-refractivity contribution < 1.29 is 4.74 Å². The number of hydrogen-bond donors (Lipinski definition) is 0. The summed E-state index contributed by atoms with van der Waals surface area (Å²) in [7, 11) is 1.92. The number of halogens is 3. The number of benzene rings is 2.